The first kappa shape index (κ1) is 15.4. The van der Waals surface area contributed by atoms with Gasteiger partial charge in [0.1, 0.15) is 0 Å². The van der Waals surface area contributed by atoms with Crippen LogP contribution in [-0.4, -0.2) is 36.6 Å². The minimum absolute atomic E-state index is 0.0482. The van der Waals surface area contributed by atoms with Crippen LogP contribution in [0.1, 0.15) is 32.6 Å². The Kier molecular flexibility index (Phi) is 5.20. The maximum atomic E-state index is 11.7. The van der Waals surface area contributed by atoms with Crippen molar-refractivity contribution < 1.29 is 14.7 Å². The number of anilines is 2. The largest absolute Gasteiger partial charge is 0.481 e. The molecule has 1 fully saturated rings. The van der Waals surface area contributed by atoms with Crippen molar-refractivity contribution in [3.8, 4) is 0 Å². The van der Waals surface area contributed by atoms with Gasteiger partial charge in [0.25, 0.3) is 0 Å². The first-order valence-corrected chi connectivity index (χ1v) is 7.43. The summed E-state index contributed by atoms with van der Waals surface area (Å²) in [6.45, 7) is 3.82. The number of benzene rings is 1. The van der Waals surface area contributed by atoms with E-state index in [2.05, 4.69) is 4.90 Å². The van der Waals surface area contributed by atoms with E-state index in [0.717, 1.165) is 18.8 Å². The van der Waals surface area contributed by atoms with Gasteiger partial charge in [0.15, 0.2) is 0 Å². The second-order valence-electron chi connectivity index (χ2n) is 5.38. The zero-order valence-corrected chi connectivity index (χ0v) is 12.4. The second-order valence-corrected chi connectivity index (χ2v) is 5.38. The quantitative estimate of drug-likeness (QED) is 0.905. The Labute approximate surface area is 125 Å². The molecule has 0 unspecified atom stereocenters. The summed E-state index contributed by atoms with van der Waals surface area (Å²) in [6.07, 6.45) is 3.69. The monoisotopic (exact) mass is 290 g/mol. The molecular weight excluding hydrogens is 268 g/mol. The third-order valence-electron chi connectivity index (χ3n) is 3.81. The number of carboxylic acid groups (broad SMARTS) is 1. The molecule has 0 aliphatic carbocycles. The molecule has 114 valence electrons. The van der Waals surface area contributed by atoms with Crippen LogP contribution >= 0.6 is 0 Å². The average molecular weight is 290 g/mol. The summed E-state index contributed by atoms with van der Waals surface area (Å²) in [5.74, 6) is -1.03. The lowest BCUT2D eigenvalue weighted by molar-refractivity contribution is -0.136. The van der Waals surface area contributed by atoms with E-state index in [9.17, 15) is 9.59 Å². The van der Waals surface area contributed by atoms with Crippen LogP contribution in [0.25, 0.3) is 0 Å². The van der Waals surface area contributed by atoms with Gasteiger partial charge in [-0.05, 0) is 43.5 Å². The molecule has 1 heterocycles. The number of rotatable bonds is 5. The molecule has 0 spiro atoms. The molecule has 21 heavy (non-hydrogen) atoms. The zero-order valence-electron chi connectivity index (χ0n) is 12.4. The number of carbonyl (C=O) groups is 2. The van der Waals surface area contributed by atoms with E-state index in [1.54, 1.807) is 0 Å². The highest BCUT2D eigenvalue weighted by Crippen LogP contribution is 2.23. The molecule has 0 aromatic heterocycles. The lowest BCUT2D eigenvalue weighted by Gasteiger charge is -2.29. The molecular formula is C16H22N2O3. The van der Waals surface area contributed by atoms with Gasteiger partial charge in [0, 0.05) is 37.9 Å². The molecule has 0 bridgehead atoms. The van der Waals surface area contributed by atoms with Crippen molar-refractivity contribution in [1.29, 1.82) is 0 Å². The van der Waals surface area contributed by atoms with Crippen molar-refractivity contribution in [2.45, 2.75) is 32.6 Å². The number of nitrogens with zero attached hydrogens (tertiary/aromatic N) is 2. The van der Waals surface area contributed by atoms with Crippen LogP contribution in [0, 0.1) is 0 Å². The van der Waals surface area contributed by atoms with Crippen molar-refractivity contribution in [3.63, 3.8) is 0 Å². The summed E-state index contributed by atoms with van der Waals surface area (Å²) < 4.78 is 0. The Hall–Kier alpha value is -2.04. The second kappa shape index (κ2) is 7.11. The SMILES string of the molecule is CC(=O)N(CCC(=O)O)c1ccc(N2CCCCC2)cc1. The lowest BCUT2D eigenvalue weighted by atomic mass is 10.1. The molecule has 1 aliphatic rings. The van der Waals surface area contributed by atoms with Gasteiger partial charge in [-0.15, -0.1) is 0 Å². The fourth-order valence-corrected chi connectivity index (χ4v) is 2.67. The van der Waals surface area contributed by atoms with Crippen LogP contribution in [0.2, 0.25) is 0 Å². The lowest BCUT2D eigenvalue weighted by Crippen LogP contribution is -2.31. The topological polar surface area (TPSA) is 60.9 Å². The Balaban J connectivity index is 2.07. The molecule has 1 aromatic carbocycles. The van der Waals surface area contributed by atoms with Gasteiger partial charge >= 0.3 is 5.97 Å². The molecule has 2 rings (SSSR count). The number of carbonyl (C=O) groups excluding carboxylic acids is 1. The highest BCUT2D eigenvalue weighted by Gasteiger charge is 2.15. The Bertz CT molecular complexity index is 493. The molecule has 5 heteroatoms. The van der Waals surface area contributed by atoms with Gasteiger partial charge in [-0.3, -0.25) is 9.59 Å². The maximum Gasteiger partial charge on any atom is 0.305 e. The van der Waals surface area contributed by atoms with Crippen LogP contribution in [0.5, 0.6) is 0 Å². The first-order valence-electron chi connectivity index (χ1n) is 7.43. The van der Waals surface area contributed by atoms with E-state index in [0.29, 0.717) is 0 Å². The summed E-state index contributed by atoms with van der Waals surface area (Å²) >= 11 is 0. The van der Waals surface area contributed by atoms with Gasteiger partial charge in [0.05, 0.1) is 6.42 Å². The summed E-state index contributed by atoms with van der Waals surface area (Å²) in [4.78, 5) is 26.2. The highest BCUT2D eigenvalue weighted by atomic mass is 16.4. The van der Waals surface area contributed by atoms with Gasteiger partial charge in [-0.25, -0.2) is 0 Å². The smallest absolute Gasteiger partial charge is 0.305 e. The number of carboxylic acids is 1. The molecule has 1 saturated heterocycles. The van der Waals surface area contributed by atoms with Gasteiger partial charge in [-0.1, -0.05) is 0 Å². The normalized spacial score (nSPS) is 14.8. The minimum atomic E-state index is -0.897. The average Bonchev–Trinajstić information content (AvgIpc) is 2.48. The maximum absolute atomic E-state index is 11.7. The third-order valence-corrected chi connectivity index (χ3v) is 3.81. The van der Waals surface area contributed by atoms with Crippen LogP contribution < -0.4 is 9.80 Å². The fraction of sp³-hybridized carbons (Fsp3) is 0.500. The predicted molar refractivity (Wildman–Crippen MR) is 82.8 cm³/mol. The van der Waals surface area contributed by atoms with Gasteiger partial charge in [0.2, 0.25) is 5.91 Å². The molecule has 0 saturated carbocycles. The number of hydrogen-bond donors (Lipinski definition) is 1. The van der Waals surface area contributed by atoms with E-state index in [1.165, 1.54) is 36.8 Å². The van der Waals surface area contributed by atoms with E-state index in [4.69, 9.17) is 5.11 Å². The van der Waals surface area contributed by atoms with Crippen molar-refractivity contribution >= 4 is 23.3 Å². The van der Waals surface area contributed by atoms with E-state index in [1.807, 2.05) is 24.3 Å². The summed E-state index contributed by atoms with van der Waals surface area (Å²) in [5, 5.41) is 8.76. The first-order chi connectivity index (χ1) is 10.1. The van der Waals surface area contributed by atoms with Crippen LogP contribution in [0.4, 0.5) is 11.4 Å². The van der Waals surface area contributed by atoms with Crippen LogP contribution in [-0.2, 0) is 9.59 Å². The predicted octanol–water partition coefficient (Wildman–Crippen LogP) is 2.50. The molecule has 0 radical (unpaired) electrons. The third kappa shape index (κ3) is 4.21. The molecule has 1 aromatic rings. The standard InChI is InChI=1S/C16H22N2O3/c1-13(19)18(12-9-16(20)21)15-7-5-14(6-8-15)17-10-3-2-4-11-17/h5-8H,2-4,9-12H2,1H3,(H,20,21). The molecule has 1 N–H and O–H groups in total. The van der Waals surface area contributed by atoms with Crippen molar-refractivity contribution in [2.24, 2.45) is 0 Å². The van der Waals surface area contributed by atoms with E-state index in [-0.39, 0.29) is 18.9 Å². The summed E-state index contributed by atoms with van der Waals surface area (Å²) in [5.41, 5.74) is 1.92. The fourth-order valence-electron chi connectivity index (χ4n) is 2.67. The summed E-state index contributed by atoms with van der Waals surface area (Å²) in [6, 6.07) is 7.81. The number of piperidine rings is 1. The Morgan fingerprint density at radius 1 is 1.14 bits per heavy atom. The molecule has 1 aliphatic heterocycles. The Morgan fingerprint density at radius 2 is 1.76 bits per heavy atom. The Morgan fingerprint density at radius 3 is 2.29 bits per heavy atom. The number of aliphatic carboxylic acids is 1. The van der Waals surface area contributed by atoms with Crippen molar-refractivity contribution in [2.75, 3.05) is 29.4 Å². The zero-order chi connectivity index (χ0) is 15.2. The molecule has 5 nitrogen and oxygen atoms in total. The van der Waals surface area contributed by atoms with Crippen molar-refractivity contribution in [1.82, 2.24) is 0 Å². The van der Waals surface area contributed by atoms with Crippen LogP contribution in [0.15, 0.2) is 24.3 Å². The van der Waals surface area contributed by atoms with Gasteiger partial charge < -0.3 is 14.9 Å². The number of hydrogen-bond acceptors (Lipinski definition) is 3. The molecule has 0 atom stereocenters. The van der Waals surface area contributed by atoms with E-state index < -0.39 is 5.97 Å². The van der Waals surface area contributed by atoms with Crippen LogP contribution in [0.3, 0.4) is 0 Å². The summed E-state index contributed by atoms with van der Waals surface area (Å²) in [7, 11) is 0. The van der Waals surface area contributed by atoms with Gasteiger partial charge in [-0.2, -0.15) is 0 Å². The van der Waals surface area contributed by atoms with E-state index >= 15 is 0 Å². The molecule has 1 amide bonds. The minimum Gasteiger partial charge on any atom is -0.481 e. The van der Waals surface area contributed by atoms with Crippen molar-refractivity contribution in [3.05, 3.63) is 24.3 Å². The highest BCUT2D eigenvalue weighted by molar-refractivity contribution is 5.92. The number of amides is 1.